The van der Waals surface area contributed by atoms with E-state index in [1.807, 2.05) is 6.92 Å². The van der Waals surface area contributed by atoms with E-state index >= 15 is 0 Å². The van der Waals surface area contributed by atoms with Crippen molar-refractivity contribution in [2.24, 2.45) is 0 Å². The van der Waals surface area contributed by atoms with E-state index in [0.717, 1.165) is 5.56 Å². The molecule has 0 spiro atoms. The maximum absolute atomic E-state index is 12.3. The summed E-state index contributed by atoms with van der Waals surface area (Å²) < 4.78 is 5.06. The Morgan fingerprint density at radius 2 is 1.55 bits per heavy atom. The maximum Gasteiger partial charge on any atom is 0.338 e. The van der Waals surface area contributed by atoms with Crippen LogP contribution in [-0.2, 0) is 4.74 Å². The van der Waals surface area contributed by atoms with E-state index in [1.54, 1.807) is 24.3 Å². The van der Waals surface area contributed by atoms with Gasteiger partial charge in [0.1, 0.15) is 0 Å². The molecule has 8 nitrogen and oxygen atoms in total. The molecule has 0 fully saturated rings. The Bertz CT molecular complexity index is 1140. The second-order valence-electron chi connectivity index (χ2n) is 6.70. The van der Waals surface area contributed by atoms with Crippen LogP contribution >= 0.6 is 0 Å². The molecule has 156 valence electrons. The van der Waals surface area contributed by atoms with Gasteiger partial charge >= 0.3 is 5.97 Å². The summed E-state index contributed by atoms with van der Waals surface area (Å²) in [5.41, 5.74) is 2.02. The Morgan fingerprint density at radius 3 is 2.19 bits per heavy atom. The normalized spacial score (nSPS) is 10.2. The Balaban J connectivity index is 1.58. The summed E-state index contributed by atoms with van der Waals surface area (Å²) in [6.07, 6.45) is 0. The number of nitrogens with one attached hydrogen (secondary N) is 1. The molecule has 8 heteroatoms. The predicted molar refractivity (Wildman–Crippen MR) is 113 cm³/mol. The number of hydrogen-bond acceptors (Lipinski definition) is 6. The van der Waals surface area contributed by atoms with Crippen LogP contribution in [0.1, 0.15) is 36.6 Å². The molecule has 0 radical (unpaired) electrons. The number of carbonyl (C=O) groups is 3. The number of aryl methyl sites for hydroxylation is 1. The Kier molecular flexibility index (Phi) is 6.51. The van der Waals surface area contributed by atoms with Crippen LogP contribution in [0.3, 0.4) is 0 Å². The second-order valence-corrected chi connectivity index (χ2v) is 6.70. The molecule has 0 aliphatic carbocycles. The number of ether oxygens (including phenoxy) is 1. The summed E-state index contributed by atoms with van der Waals surface area (Å²) in [7, 11) is 0. The molecule has 3 aromatic rings. The molecular formula is C23H18N2O6. The third-order valence-electron chi connectivity index (χ3n) is 4.41. The van der Waals surface area contributed by atoms with Crippen molar-refractivity contribution in [3.05, 3.63) is 105 Å². The van der Waals surface area contributed by atoms with Crippen molar-refractivity contribution < 1.29 is 24.0 Å². The number of nitro benzene ring substituents is 1. The van der Waals surface area contributed by atoms with E-state index in [1.165, 1.54) is 48.5 Å². The van der Waals surface area contributed by atoms with Gasteiger partial charge in [-0.25, -0.2) is 4.79 Å². The van der Waals surface area contributed by atoms with Crippen molar-refractivity contribution in [3.8, 4) is 0 Å². The lowest BCUT2D eigenvalue weighted by atomic mass is 10.1. The van der Waals surface area contributed by atoms with Gasteiger partial charge in [0.2, 0.25) is 0 Å². The number of esters is 1. The lowest BCUT2D eigenvalue weighted by Crippen LogP contribution is -2.15. The minimum absolute atomic E-state index is 0.132. The summed E-state index contributed by atoms with van der Waals surface area (Å²) >= 11 is 0. The molecule has 0 bridgehead atoms. The number of ketones is 1. The number of amides is 1. The summed E-state index contributed by atoms with van der Waals surface area (Å²) in [6, 6.07) is 18.2. The number of anilines is 1. The molecule has 31 heavy (non-hydrogen) atoms. The fourth-order valence-corrected chi connectivity index (χ4v) is 2.69. The summed E-state index contributed by atoms with van der Waals surface area (Å²) in [6.45, 7) is 1.53. The number of carbonyl (C=O) groups excluding carboxylic acids is 3. The maximum atomic E-state index is 12.3. The van der Waals surface area contributed by atoms with Gasteiger partial charge in [0.25, 0.3) is 11.6 Å². The lowest BCUT2D eigenvalue weighted by Gasteiger charge is -2.07. The van der Waals surface area contributed by atoms with Crippen LogP contribution in [0.25, 0.3) is 0 Å². The first-order chi connectivity index (χ1) is 14.8. The zero-order valence-corrected chi connectivity index (χ0v) is 16.5. The summed E-state index contributed by atoms with van der Waals surface area (Å²) in [4.78, 5) is 46.8. The second kappa shape index (κ2) is 9.45. The molecule has 3 rings (SSSR count). The number of nitro groups is 1. The molecule has 0 saturated heterocycles. The average Bonchev–Trinajstić information content (AvgIpc) is 2.78. The average molecular weight is 418 g/mol. The summed E-state index contributed by atoms with van der Waals surface area (Å²) in [5, 5.41) is 13.4. The first-order valence-electron chi connectivity index (χ1n) is 9.26. The van der Waals surface area contributed by atoms with Crippen molar-refractivity contribution in [2.45, 2.75) is 6.92 Å². The molecule has 1 N–H and O–H groups in total. The van der Waals surface area contributed by atoms with Gasteiger partial charge in [0.05, 0.1) is 10.5 Å². The highest BCUT2D eigenvalue weighted by Crippen LogP contribution is 2.16. The van der Waals surface area contributed by atoms with Crippen molar-refractivity contribution in [3.63, 3.8) is 0 Å². The highest BCUT2D eigenvalue weighted by molar-refractivity contribution is 6.05. The Morgan fingerprint density at radius 1 is 0.903 bits per heavy atom. The molecular weight excluding hydrogens is 400 g/mol. The van der Waals surface area contributed by atoms with E-state index < -0.39 is 16.8 Å². The van der Waals surface area contributed by atoms with Crippen molar-refractivity contribution in [1.82, 2.24) is 0 Å². The zero-order chi connectivity index (χ0) is 22.4. The number of nitrogens with zero attached hydrogens (tertiary/aromatic N) is 1. The third-order valence-corrected chi connectivity index (χ3v) is 4.41. The highest BCUT2D eigenvalue weighted by atomic mass is 16.6. The number of non-ortho nitro benzene ring substituents is 1. The standard InChI is InChI=1S/C23H18N2O6/c1-15-5-7-16(8-6-15)21(26)14-31-23(28)17-9-11-19(12-10-17)24-22(27)18-3-2-4-20(13-18)25(29)30/h2-13H,14H2,1H3,(H,24,27). The number of benzene rings is 3. The van der Waals surface area contributed by atoms with Crippen LogP contribution in [-0.4, -0.2) is 29.2 Å². The quantitative estimate of drug-likeness (QED) is 0.266. The van der Waals surface area contributed by atoms with Crippen LogP contribution in [0.4, 0.5) is 11.4 Å². The molecule has 0 atom stereocenters. The lowest BCUT2D eigenvalue weighted by molar-refractivity contribution is -0.384. The molecule has 0 heterocycles. The minimum atomic E-state index is -0.669. The van der Waals surface area contributed by atoms with Crippen molar-refractivity contribution in [2.75, 3.05) is 11.9 Å². The van der Waals surface area contributed by atoms with Crippen LogP contribution in [0.2, 0.25) is 0 Å². The van der Waals surface area contributed by atoms with Crippen molar-refractivity contribution >= 4 is 29.0 Å². The van der Waals surface area contributed by atoms with Gasteiger partial charge in [-0.15, -0.1) is 0 Å². The highest BCUT2D eigenvalue weighted by Gasteiger charge is 2.14. The molecule has 0 saturated carbocycles. The Hall–Kier alpha value is -4.33. The molecule has 1 amide bonds. The van der Waals surface area contributed by atoms with E-state index in [0.29, 0.717) is 11.3 Å². The van der Waals surface area contributed by atoms with Gasteiger partial charge in [-0.3, -0.25) is 19.7 Å². The number of hydrogen-bond donors (Lipinski definition) is 1. The van der Waals surface area contributed by atoms with Gasteiger partial charge in [-0.05, 0) is 37.3 Å². The van der Waals surface area contributed by atoms with E-state index in [9.17, 15) is 24.5 Å². The van der Waals surface area contributed by atoms with Crippen LogP contribution in [0, 0.1) is 17.0 Å². The molecule has 0 unspecified atom stereocenters. The molecule has 0 aliphatic rings. The number of rotatable bonds is 7. The SMILES string of the molecule is Cc1ccc(C(=O)COC(=O)c2ccc(NC(=O)c3cccc([N+](=O)[O-])c3)cc2)cc1. The molecule has 0 aromatic heterocycles. The van der Waals surface area contributed by atoms with E-state index in [4.69, 9.17) is 4.74 Å². The van der Waals surface area contributed by atoms with Gasteiger partial charge < -0.3 is 10.1 Å². The largest absolute Gasteiger partial charge is 0.454 e. The summed E-state index contributed by atoms with van der Waals surface area (Å²) in [5.74, 6) is -1.51. The predicted octanol–water partition coefficient (Wildman–Crippen LogP) is 4.20. The van der Waals surface area contributed by atoms with Crippen LogP contribution in [0.5, 0.6) is 0 Å². The smallest absolute Gasteiger partial charge is 0.338 e. The van der Waals surface area contributed by atoms with Gasteiger partial charge in [0.15, 0.2) is 12.4 Å². The minimum Gasteiger partial charge on any atom is -0.454 e. The van der Waals surface area contributed by atoms with Crippen LogP contribution < -0.4 is 5.32 Å². The van der Waals surface area contributed by atoms with Crippen molar-refractivity contribution in [1.29, 1.82) is 0 Å². The monoisotopic (exact) mass is 418 g/mol. The Labute approximate surface area is 177 Å². The van der Waals surface area contributed by atoms with E-state index in [2.05, 4.69) is 5.32 Å². The number of Topliss-reactive ketones (excluding diaryl/α,β-unsaturated/α-hetero) is 1. The fourth-order valence-electron chi connectivity index (χ4n) is 2.69. The molecule has 0 aliphatic heterocycles. The first kappa shape index (κ1) is 21.4. The third kappa shape index (κ3) is 5.60. The van der Waals surface area contributed by atoms with E-state index in [-0.39, 0.29) is 29.2 Å². The van der Waals surface area contributed by atoms with Crippen LogP contribution in [0.15, 0.2) is 72.8 Å². The van der Waals surface area contributed by atoms with Gasteiger partial charge in [-0.2, -0.15) is 0 Å². The first-order valence-corrected chi connectivity index (χ1v) is 9.26. The van der Waals surface area contributed by atoms with Gasteiger partial charge in [0, 0.05) is 28.9 Å². The van der Waals surface area contributed by atoms with Gasteiger partial charge in [-0.1, -0.05) is 35.9 Å². The zero-order valence-electron chi connectivity index (χ0n) is 16.5. The topological polar surface area (TPSA) is 116 Å². The fraction of sp³-hybridized carbons (Fsp3) is 0.0870. The molecule has 3 aromatic carbocycles.